The van der Waals surface area contributed by atoms with E-state index >= 15 is 0 Å². The number of hydrogen-bond acceptors (Lipinski definition) is 2. The molecule has 0 aliphatic rings. The summed E-state index contributed by atoms with van der Waals surface area (Å²) in [6.45, 7) is 3.17. The van der Waals surface area contributed by atoms with E-state index in [1.807, 2.05) is 18.9 Å². The fourth-order valence-electron chi connectivity index (χ4n) is 1.27. The summed E-state index contributed by atoms with van der Waals surface area (Å²) in [5.74, 6) is -0.172. The summed E-state index contributed by atoms with van der Waals surface area (Å²) in [6.07, 6.45) is 0. The molecule has 1 aromatic rings. The number of likely N-dealkylation sites (N-methyl/N-ethyl adjacent to an activating group) is 1. The Hall–Kier alpha value is -0.450. The molecule has 1 rings (SSSR count). The first-order chi connectivity index (χ1) is 7.04. The molecule has 0 bridgehead atoms. The van der Waals surface area contributed by atoms with E-state index in [1.165, 1.54) is 6.07 Å². The van der Waals surface area contributed by atoms with Crippen molar-refractivity contribution in [2.24, 2.45) is 5.73 Å². The maximum Gasteiger partial charge on any atom is 0.127 e. The van der Waals surface area contributed by atoms with Crippen LogP contribution >= 0.6 is 15.9 Å². The minimum absolute atomic E-state index is 0.172. The van der Waals surface area contributed by atoms with Crippen molar-refractivity contribution in [3.05, 3.63) is 34.1 Å². The van der Waals surface area contributed by atoms with Crippen LogP contribution in [-0.4, -0.2) is 24.5 Å². The highest BCUT2D eigenvalue weighted by Crippen LogP contribution is 2.17. The van der Waals surface area contributed by atoms with Crippen molar-refractivity contribution < 1.29 is 4.39 Å². The molecule has 84 valence electrons. The van der Waals surface area contributed by atoms with Crippen molar-refractivity contribution in [2.45, 2.75) is 19.5 Å². The minimum Gasteiger partial charge on any atom is -0.329 e. The molecule has 1 atom stereocenters. The first-order valence-corrected chi connectivity index (χ1v) is 5.68. The van der Waals surface area contributed by atoms with Gasteiger partial charge < -0.3 is 5.73 Å². The van der Waals surface area contributed by atoms with E-state index in [-0.39, 0.29) is 11.9 Å². The number of benzene rings is 1. The van der Waals surface area contributed by atoms with Crippen LogP contribution in [0.3, 0.4) is 0 Å². The topological polar surface area (TPSA) is 29.3 Å². The van der Waals surface area contributed by atoms with Crippen LogP contribution in [0.1, 0.15) is 12.5 Å². The molecule has 0 spiro atoms. The molecular formula is C11H16BrFN2. The first-order valence-electron chi connectivity index (χ1n) is 4.89. The summed E-state index contributed by atoms with van der Waals surface area (Å²) in [5, 5.41) is 0. The lowest BCUT2D eigenvalue weighted by molar-refractivity contribution is 0.251. The van der Waals surface area contributed by atoms with Gasteiger partial charge in [0.05, 0.1) is 0 Å². The molecule has 0 amide bonds. The van der Waals surface area contributed by atoms with E-state index in [0.29, 0.717) is 18.7 Å². The number of hydrogen-bond donors (Lipinski definition) is 1. The third-order valence-electron chi connectivity index (χ3n) is 2.52. The van der Waals surface area contributed by atoms with Crippen LogP contribution in [-0.2, 0) is 6.54 Å². The highest BCUT2D eigenvalue weighted by Gasteiger charge is 2.10. The molecule has 2 N–H and O–H groups in total. The van der Waals surface area contributed by atoms with Crippen LogP contribution in [0, 0.1) is 5.82 Å². The van der Waals surface area contributed by atoms with Crippen LogP contribution in [0.2, 0.25) is 0 Å². The second kappa shape index (κ2) is 5.58. The van der Waals surface area contributed by atoms with Crippen molar-refractivity contribution >= 4 is 15.9 Å². The molecule has 0 aromatic heterocycles. The molecule has 2 nitrogen and oxygen atoms in total. The zero-order valence-corrected chi connectivity index (χ0v) is 10.6. The van der Waals surface area contributed by atoms with Gasteiger partial charge in [-0.3, -0.25) is 4.90 Å². The second-order valence-corrected chi connectivity index (χ2v) is 4.65. The molecule has 0 radical (unpaired) electrons. The molecule has 0 aliphatic carbocycles. The van der Waals surface area contributed by atoms with Gasteiger partial charge in [0.25, 0.3) is 0 Å². The largest absolute Gasteiger partial charge is 0.329 e. The lowest BCUT2D eigenvalue weighted by Gasteiger charge is -2.23. The zero-order valence-electron chi connectivity index (χ0n) is 9.00. The molecule has 0 heterocycles. The number of halogens is 2. The molecule has 0 aliphatic heterocycles. The van der Waals surface area contributed by atoms with E-state index < -0.39 is 0 Å². The molecule has 0 fully saturated rings. The lowest BCUT2D eigenvalue weighted by atomic mass is 10.2. The Morgan fingerprint density at radius 1 is 1.53 bits per heavy atom. The van der Waals surface area contributed by atoms with Crippen LogP contribution < -0.4 is 5.73 Å². The summed E-state index contributed by atoms with van der Waals surface area (Å²) in [5.41, 5.74) is 6.24. The van der Waals surface area contributed by atoms with E-state index in [2.05, 4.69) is 15.9 Å². The molecule has 1 aromatic carbocycles. The summed E-state index contributed by atoms with van der Waals surface area (Å²) >= 11 is 3.33. The van der Waals surface area contributed by atoms with Gasteiger partial charge in [0.1, 0.15) is 5.82 Å². The molecule has 1 unspecified atom stereocenters. The van der Waals surface area contributed by atoms with Gasteiger partial charge in [0, 0.05) is 29.2 Å². The SMILES string of the molecule is CC(CN)N(C)Cc1cc(Br)ccc1F. The monoisotopic (exact) mass is 274 g/mol. The van der Waals surface area contributed by atoms with Gasteiger partial charge in [0.2, 0.25) is 0 Å². The predicted molar refractivity (Wildman–Crippen MR) is 64.1 cm³/mol. The van der Waals surface area contributed by atoms with Crippen LogP contribution in [0.15, 0.2) is 22.7 Å². The highest BCUT2D eigenvalue weighted by atomic mass is 79.9. The third kappa shape index (κ3) is 3.55. The summed E-state index contributed by atoms with van der Waals surface area (Å²) in [7, 11) is 1.94. The number of nitrogens with zero attached hydrogens (tertiary/aromatic N) is 1. The van der Waals surface area contributed by atoms with Gasteiger partial charge in [-0.1, -0.05) is 15.9 Å². The van der Waals surface area contributed by atoms with E-state index in [1.54, 1.807) is 12.1 Å². The van der Waals surface area contributed by atoms with E-state index in [0.717, 1.165) is 4.47 Å². The number of nitrogens with two attached hydrogens (primary N) is 1. The van der Waals surface area contributed by atoms with Crippen LogP contribution in [0.4, 0.5) is 4.39 Å². The molecule has 4 heteroatoms. The van der Waals surface area contributed by atoms with Gasteiger partial charge in [-0.05, 0) is 32.2 Å². The van der Waals surface area contributed by atoms with Crippen molar-refractivity contribution in [3.8, 4) is 0 Å². The Bertz CT molecular complexity index is 330. The lowest BCUT2D eigenvalue weighted by Crippen LogP contribution is -2.34. The normalized spacial score (nSPS) is 13.2. The first kappa shape index (κ1) is 12.6. The van der Waals surface area contributed by atoms with Crippen LogP contribution in [0.5, 0.6) is 0 Å². The van der Waals surface area contributed by atoms with Crippen molar-refractivity contribution in [2.75, 3.05) is 13.6 Å². The second-order valence-electron chi connectivity index (χ2n) is 3.74. The van der Waals surface area contributed by atoms with Gasteiger partial charge >= 0.3 is 0 Å². The highest BCUT2D eigenvalue weighted by molar-refractivity contribution is 9.10. The Balaban J connectivity index is 2.75. The Morgan fingerprint density at radius 2 is 2.20 bits per heavy atom. The van der Waals surface area contributed by atoms with E-state index in [4.69, 9.17) is 5.73 Å². The zero-order chi connectivity index (χ0) is 11.4. The summed E-state index contributed by atoms with van der Waals surface area (Å²) in [4.78, 5) is 2.03. The maximum atomic E-state index is 13.4. The summed E-state index contributed by atoms with van der Waals surface area (Å²) in [6, 6.07) is 5.23. The molecular weight excluding hydrogens is 259 g/mol. The average molecular weight is 275 g/mol. The fourth-order valence-corrected chi connectivity index (χ4v) is 1.68. The van der Waals surface area contributed by atoms with Gasteiger partial charge in [-0.15, -0.1) is 0 Å². The average Bonchev–Trinajstić information content (AvgIpc) is 2.22. The smallest absolute Gasteiger partial charge is 0.127 e. The quantitative estimate of drug-likeness (QED) is 0.914. The Morgan fingerprint density at radius 3 is 2.80 bits per heavy atom. The van der Waals surface area contributed by atoms with Gasteiger partial charge in [-0.25, -0.2) is 4.39 Å². The minimum atomic E-state index is -0.172. The van der Waals surface area contributed by atoms with Gasteiger partial charge in [-0.2, -0.15) is 0 Å². The van der Waals surface area contributed by atoms with Crippen molar-refractivity contribution in [1.82, 2.24) is 4.90 Å². The standard InChI is InChI=1S/C11H16BrFN2/c1-8(6-14)15(2)7-9-5-10(12)3-4-11(9)13/h3-5,8H,6-7,14H2,1-2H3. The van der Waals surface area contributed by atoms with Crippen LogP contribution in [0.25, 0.3) is 0 Å². The summed E-state index contributed by atoms with van der Waals surface area (Å²) < 4.78 is 14.3. The van der Waals surface area contributed by atoms with Crippen molar-refractivity contribution in [3.63, 3.8) is 0 Å². The van der Waals surface area contributed by atoms with Crippen molar-refractivity contribution in [1.29, 1.82) is 0 Å². The van der Waals surface area contributed by atoms with Gasteiger partial charge in [0.15, 0.2) is 0 Å². The molecule has 0 saturated carbocycles. The Labute approximate surface area is 98.4 Å². The maximum absolute atomic E-state index is 13.4. The predicted octanol–water partition coefficient (Wildman–Crippen LogP) is 2.37. The Kier molecular flexibility index (Phi) is 4.70. The fraction of sp³-hybridized carbons (Fsp3) is 0.455. The molecule has 0 saturated heterocycles. The number of rotatable bonds is 4. The van der Waals surface area contributed by atoms with E-state index in [9.17, 15) is 4.39 Å². The third-order valence-corrected chi connectivity index (χ3v) is 3.01. The molecule has 15 heavy (non-hydrogen) atoms.